The molecule has 3 rings (SSSR count). The summed E-state index contributed by atoms with van der Waals surface area (Å²) in [5.41, 5.74) is 6.36. The third kappa shape index (κ3) is 6.27. The number of amides is 3. The standard InChI is InChI=1S/C23H25ClN6O5S/c1-29(2)11-10-26-23(33)19-20(21(25)31)30(13-27-19)15-6-4-14(5-7-15)28-22(32)17-9-8-16(12-18(17)24)36(3,34)35/h4-9,12-13H,10-11H2,1-3H3,(H2,25,31)(H,26,33)(H,28,32). The van der Waals surface area contributed by atoms with Crippen LogP contribution < -0.4 is 16.4 Å². The molecule has 36 heavy (non-hydrogen) atoms. The summed E-state index contributed by atoms with van der Waals surface area (Å²) in [5, 5.41) is 5.36. The van der Waals surface area contributed by atoms with Gasteiger partial charge < -0.3 is 21.3 Å². The van der Waals surface area contributed by atoms with Crippen molar-refractivity contribution in [2.45, 2.75) is 4.90 Å². The molecular weight excluding hydrogens is 508 g/mol. The number of anilines is 1. The second-order valence-electron chi connectivity index (χ2n) is 8.15. The van der Waals surface area contributed by atoms with Crippen LogP contribution in [0.3, 0.4) is 0 Å². The van der Waals surface area contributed by atoms with Gasteiger partial charge in [-0.3, -0.25) is 19.0 Å². The zero-order valence-electron chi connectivity index (χ0n) is 19.8. The number of imidazole rings is 1. The Morgan fingerprint density at radius 1 is 1.08 bits per heavy atom. The Morgan fingerprint density at radius 2 is 1.75 bits per heavy atom. The highest BCUT2D eigenvalue weighted by atomic mass is 35.5. The summed E-state index contributed by atoms with van der Waals surface area (Å²) in [7, 11) is 0.269. The maximum absolute atomic E-state index is 12.6. The molecule has 0 aliphatic rings. The highest BCUT2D eigenvalue weighted by Crippen LogP contribution is 2.23. The fourth-order valence-electron chi connectivity index (χ4n) is 3.24. The van der Waals surface area contributed by atoms with Crippen molar-refractivity contribution < 1.29 is 22.8 Å². The number of sulfone groups is 1. The number of nitrogens with two attached hydrogens (primary N) is 1. The molecule has 4 N–H and O–H groups in total. The molecule has 13 heteroatoms. The summed E-state index contributed by atoms with van der Waals surface area (Å²) < 4.78 is 24.7. The van der Waals surface area contributed by atoms with E-state index in [1.165, 1.54) is 29.1 Å². The Bertz CT molecular complexity index is 1420. The van der Waals surface area contributed by atoms with Crippen molar-refractivity contribution in [1.29, 1.82) is 0 Å². The fourth-order valence-corrected chi connectivity index (χ4v) is 4.22. The molecule has 0 radical (unpaired) electrons. The highest BCUT2D eigenvalue weighted by Gasteiger charge is 2.23. The van der Waals surface area contributed by atoms with Crippen molar-refractivity contribution in [3.63, 3.8) is 0 Å². The Hall–Kier alpha value is -3.74. The minimum atomic E-state index is -3.46. The van der Waals surface area contributed by atoms with Crippen LogP contribution in [0.4, 0.5) is 5.69 Å². The summed E-state index contributed by atoms with van der Waals surface area (Å²) in [5.74, 6) is -1.88. The lowest BCUT2D eigenvalue weighted by Gasteiger charge is -2.11. The number of hydrogen-bond acceptors (Lipinski definition) is 7. The van der Waals surface area contributed by atoms with E-state index in [-0.39, 0.29) is 26.9 Å². The largest absolute Gasteiger partial charge is 0.364 e. The van der Waals surface area contributed by atoms with Crippen LogP contribution in [0.5, 0.6) is 0 Å². The van der Waals surface area contributed by atoms with Crippen LogP contribution in [0.2, 0.25) is 5.02 Å². The lowest BCUT2D eigenvalue weighted by Crippen LogP contribution is -2.33. The Labute approximate surface area is 213 Å². The van der Waals surface area contributed by atoms with Gasteiger partial charge in [0.05, 0.1) is 15.5 Å². The fraction of sp³-hybridized carbons (Fsp3) is 0.217. The number of nitrogens with one attached hydrogen (secondary N) is 2. The molecule has 0 spiro atoms. The number of aromatic nitrogens is 2. The molecular formula is C23H25ClN6O5S. The van der Waals surface area contributed by atoms with Crippen LogP contribution in [0.15, 0.2) is 53.7 Å². The van der Waals surface area contributed by atoms with Gasteiger partial charge in [0.1, 0.15) is 12.0 Å². The molecule has 2 aromatic carbocycles. The van der Waals surface area contributed by atoms with Crippen LogP contribution >= 0.6 is 11.6 Å². The summed E-state index contributed by atoms with van der Waals surface area (Å²) in [6, 6.07) is 10.2. The Kier molecular flexibility index (Phi) is 8.13. The van der Waals surface area contributed by atoms with Gasteiger partial charge in [0, 0.05) is 30.7 Å². The number of hydrogen-bond donors (Lipinski definition) is 3. The van der Waals surface area contributed by atoms with Crippen molar-refractivity contribution in [2.75, 3.05) is 38.8 Å². The molecule has 1 heterocycles. The second-order valence-corrected chi connectivity index (χ2v) is 10.6. The SMILES string of the molecule is CN(C)CCNC(=O)c1ncn(-c2ccc(NC(=O)c3ccc(S(C)(=O)=O)cc3Cl)cc2)c1C(N)=O. The average molecular weight is 533 g/mol. The van der Waals surface area contributed by atoms with E-state index in [1.807, 2.05) is 19.0 Å². The molecule has 190 valence electrons. The van der Waals surface area contributed by atoms with Crippen molar-refractivity contribution >= 4 is 44.8 Å². The van der Waals surface area contributed by atoms with E-state index in [0.29, 0.717) is 24.5 Å². The van der Waals surface area contributed by atoms with E-state index in [1.54, 1.807) is 24.3 Å². The lowest BCUT2D eigenvalue weighted by molar-refractivity contribution is 0.0928. The van der Waals surface area contributed by atoms with Crippen LogP contribution in [-0.2, 0) is 9.84 Å². The molecule has 0 aliphatic carbocycles. The molecule has 0 saturated carbocycles. The third-order valence-corrected chi connectivity index (χ3v) is 6.50. The summed E-state index contributed by atoms with van der Waals surface area (Å²) in [6.45, 7) is 0.977. The predicted molar refractivity (Wildman–Crippen MR) is 135 cm³/mol. The first-order valence-electron chi connectivity index (χ1n) is 10.6. The zero-order valence-corrected chi connectivity index (χ0v) is 21.4. The molecule has 0 aliphatic heterocycles. The maximum atomic E-state index is 12.6. The molecule has 0 atom stereocenters. The van der Waals surface area contributed by atoms with Crippen molar-refractivity contribution in [2.24, 2.45) is 5.73 Å². The first-order valence-corrected chi connectivity index (χ1v) is 12.9. The summed E-state index contributed by atoms with van der Waals surface area (Å²) in [6.07, 6.45) is 2.36. The normalized spacial score (nSPS) is 11.4. The third-order valence-electron chi connectivity index (χ3n) is 5.08. The number of likely N-dealkylation sites (N-methyl/N-ethyl adjacent to an activating group) is 1. The van der Waals surface area contributed by atoms with Gasteiger partial charge >= 0.3 is 0 Å². The first kappa shape index (κ1) is 26.9. The van der Waals surface area contributed by atoms with Gasteiger partial charge in [0.25, 0.3) is 17.7 Å². The lowest BCUT2D eigenvalue weighted by atomic mass is 10.2. The van der Waals surface area contributed by atoms with Crippen LogP contribution in [0.1, 0.15) is 31.3 Å². The van der Waals surface area contributed by atoms with Crippen molar-refractivity contribution in [1.82, 2.24) is 19.8 Å². The number of benzene rings is 2. The average Bonchev–Trinajstić information content (AvgIpc) is 3.24. The number of nitrogens with zero attached hydrogens (tertiary/aromatic N) is 3. The van der Waals surface area contributed by atoms with Gasteiger partial charge in [0.15, 0.2) is 15.5 Å². The van der Waals surface area contributed by atoms with Crippen molar-refractivity contribution in [3.05, 3.63) is 70.8 Å². The molecule has 0 bridgehead atoms. The topological polar surface area (TPSA) is 156 Å². The number of halogens is 1. The quantitative estimate of drug-likeness (QED) is 0.377. The van der Waals surface area contributed by atoms with E-state index in [2.05, 4.69) is 15.6 Å². The monoisotopic (exact) mass is 532 g/mol. The summed E-state index contributed by atoms with van der Waals surface area (Å²) in [4.78, 5) is 43.2. The summed E-state index contributed by atoms with van der Waals surface area (Å²) >= 11 is 6.11. The van der Waals surface area contributed by atoms with Gasteiger partial charge in [-0.05, 0) is 56.6 Å². The minimum Gasteiger partial charge on any atom is -0.364 e. The number of carbonyl (C=O) groups excluding carboxylic acids is 3. The van der Waals surface area contributed by atoms with E-state index in [9.17, 15) is 22.8 Å². The van der Waals surface area contributed by atoms with Crippen LogP contribution in [0.25, 0.3) is 5.69 Å². The minimum absolute atomic E-state index is 0.00439. The van der Waals surface area contributed by atoms with Gasteiger partial charge in [0.2, 0.25) is 0 Å². The number of carbonyl (C=O) groups is 3. The van der Waals surface area contributed by atoms with E-state index in [4.69, 9.17) is 17.3 Å². The van der Waals surface area contributed by atoms with E-state index >= 15 is 0 Å². The molecule has 3 amide bonds. The molecule has 3 aromatic rings. The predicted octanol–water partition coefficient (Wildman–Crippen LogP) is 1.57. The number of rotatable bonds is 9. The second kappa shape index (κ2) is 10.9. The molecule has 0 fully saturated rings. The molecule has 0 unspecified atom stereocenters. The zero-order chi connectivity index (χ0) is 26.6. The molecule has 11 nitrogen and oxygen atoms in total. The van der Waals surface area contributed by atoms with Gasteiger partial charge in [-0.1, -0.05) is 11.6 Å². The molecule has 0 saturated heterocycles. The smallest absolute Gasteiger partial charge is 0.272 e. The van der Waals surface area contributed by atoms with Crippen molar-refractivity contribution in [3.8, 4) is 5.69 Å². The maximum Gasteiger partial charge on any atom is 0.272 e. The van der Waals surface area contributed by atoms with Gasteiger partial charge in [-0.2, -0.15) is 0 Å². The number of primary amides is 1. The van der Waals surface area contributed by atoms with Gasteiger partial charge in [-0.15, -0.1) is 0 Å². The van der Waals surface area contributed by atoms with E-state index < -0.39 is 27.6 Å². The Morgan fingerprint density at radius 3 is 2.31 bits per heavy atom. The van der Waals surface area contributed by atoms with E-state index in [0.717, 1.165) is 6.26 Å². The Balaban J connectivity index is 1.79. The van der Waals surface area contributed by atoms with Gasteiger partial charge in [-0.25, -0.2) is 13.4 Å². The highest BCUT2D eigenvalue weighted by molar-refractivity contribution is 7.90. The first-order chi connectivity index (χ1) is 16.9. The molecule has 1 aromatic heterocycles. The van der Waals surface area contributed by atoms with Crippen LogP contribution in [0, 0.1) is 0 Å². The van der Waals surface area contributed by atoms with Crippen LogP contribution in [-0.4, -0.2) is 74.0 Å².